The van der Waals surface area contributed by atoms with E-state index in [1.807, 2.05) is 0 Å². The molecule has 3 nitrogen and oxygen atoms in total. The second kappa shape index (κ2) is 4.81. The zero-order valence-electron chi connectivity index (χ0n) is 8.55. The first kappa shape index (κ1) is 12.3. The summed E-state index contributed by atoms with van der Waals surface area (Å²) in [6.07, 6.45) is 0.351. The quantitative estimate of drug-likeness (QED) is 0.891. The maximum Gasteiger partial charge on any atom is 0.172 e. The molecule has 0 saturated carbocycles. The number of phenols is 1. The molecule has 0 fully saturated rings. The smallest absolute Gasteiger partial charge is 0.172 e. The third kappa shape index (κ3) is 2.60. The second-order valence-electron chi connectivity index (χ2n) is 3.38. The van der Waals surface area contributed by atoms with Crippen molar-refractivity contribution in [2.45, 2.75) is 19.4 Å². The first-order valence-electron chi connectivity index (χ1n) is 4.46. The SMILES string of the molecule is COc1cc(F)c(CC(C)N)c(Br)c1O. The summed E-state index contributed by atoms with van der Waals surface area (Å²) in [7, 11) is 1.37. The zero-order valence-corrected chi connectivity index (χ0v) is 10.1. The number of rotatable bonds is 3. The first-order valence-corrected chi connectivity index (χ1v) is 5.26. The normalized spacial score (nSPS) is 12.6. The van der Waals surface area contributed by atoms with Gasteiger partial charge in [-0.15, -0.1) is 0 Å². The number of hydrogen-bond acceptors (Lipinski definition) is 3. The molecule has 1 rings (SSSR count). The summed E-state index contributed by atoms with van der Waals surface area (Å²) < 4.78 is 18.7. The summed E-state index contributed by atoms with van der Waals surface area (Å²) in [5.41, 5.74) is 5.95. The van der Waals surface area contributed by atoms with E-state index in [4.69, 9.17) is 10.5 Å². The standard InChI is InChI=1S/C10H13BrFNO2/c1-5(13)3-6-7(12)4-8(15-2)10(14)9(6)11/h4-5,14H,3,13H2,1-2H3. The third-order valence-corrected chi connectivity index (χ3v) is 2.85. The lowest BCUT2D eigenvalue weighted by Gasteiger charge is -2.12. The Morgan fingerprint density at radius 3 is 2.73 bits per heavy atom. The molecular formula is C10H13BrFNO2. The largest absolute Gasteiger partial charge is 0.503 e. The van der Waals surface area contributed by atoms with Crippen molar-refractivity contribution in [3.05, 3.63) is 21.9 Å². The minimum absolute atomic E-state index is 0.102. The second-order valence-corrected chi connectivity index (χ2v) is 4.18. The molecule has 84 valence electrons. The van der Waals surface area contributed by atoms with E-state index in [-0.39, 0.29) is 17.5 Å². The van der Waals surface area contributed by atoms with Crippen LogP contribution in [0.15, 0.2) is 10.5 Å². The summed E-state index contributed by atoms with van der Waals surface area (Å²) in [4.78, 5) is 0. The Kier molecular flexibility index (Phi) is 3.93. The van der Waals surface area contributed by atoms with Gasteiger partial charge in [0.1, 0.15) is 5.82 Å². The molecule has 1 aromatic rings. The summed E-state index contributed by atoms with van der Waals surface area (Å²) in [5, 5.41) is 9.64. The summed E-state index contributed by atoms with van der Waals surface area (Å²) >= 11 is 3.13. The number of ether oxygens (including phenoxy) is 1. The lowest BCUT2D eigenvalue weighted by Crippen LogP contribution is -2.19. The molecule has 3 N–H and O–H groups in total. The van der Waals surface area contributed by atoms with Gasteiger partial charge in [-0.2, -0.15) is 0 Å². The summed E-state index contributed by atoms with van der Waals surface area (Å²) in [5.74, 6) is -0.434. The van der Waals surface area contributed by atoms with Crippen LogP contribution in [0.3, 0.4) is 0 Å². The average Bonchev–Trinajstić information content (AvgIpc) is 2.18. The number of aromatic hydroxyl groups is 1. The number of nitrogens with two attached hydrogens (primary N) is 1. The van der Waals surface area contributed by atoms with E-state index >= 15 is 0 Å². The van der Waals surface area contributed by atoms with Crippen LogP contribution in [0.1, 0.15) is 12.5 Å². The molecule has 0 amide bonds. The predicted molar refractivity (Wildman–Crippen MR) is 59.7 cm³/mol. The molecule has 5 heteroatoms. The van der Waals surface area contributed by atoms with Crippen LogP contribution in [0.25, 0.3) is 0 Å². The fourth-order valence-electron chi connectivity index (χ4n) is 1.29. The highest BCUT2D eigenvalue weighted by molar-refractivity contribution is 9.10. The van der Waals surface area contributed by atoms with Crippen molar-refractivity contribution >= 4 is 15.9 Å². The van der Waals surface area contributed by atoms with Gasteiger partial charge in [0, 0.05) is 17.7 Å². The van der Waals surface area contributed by atoms with E-state index in [9.17, 15) is 9.50 Å². The number of hydrogen-bond donors (Lipinski definition) is 2. The van der Waals surface area contributed by atoms with Gasteiger partial charge < -0.3 is 15.6 Å². The molecule has 0 aromatic heterocycles. The van der Waals surface area contributed by atoms with E-state index in [0.717, 1.165) is 6.07 Å². The van der Waals surface area contributed by atoms with Crippen LogP contribution >= 0.6 is 15.9 Å². The molecule has 1 atom stereocenters. The van der Waals surface area contributed by atoms with Crippen LogP contribution in [0.5, 0.6) is 11.5 Å². The molecule has 15 heavy (non-hydrogen) atoms. The lowest BCUT2D eigenvalue weighted by atomic mass is 10.1. The highest BCUT2D eigenvalue weighted by atomic mass is 79.9. The van der Waals surface area contributed by atoms with Gasteiger partial charge in [-0.05, 0) is 29.3 Å². The Morgan fingerprint density at radius 1 is 1.67 bits per heavy atom. The number of halogens is 2. The maximum absolute atomic E-state index is 13.6. The molecule has 0 radical (unpaired) electrons. The summed E-state index contributed by atoms with van der Waals surface area (Å²) in [6, 6.07) is 0.973. The van der Waals surface area contributed by atoms with Crippen molar-refractivity contribution in [1.82, 2.24) is 0 Å². The Balaban J connectivity index is 3.23. The van der Waals surface area contributed by atoms with Crippen molar-refractivity contribution in [2.75, 3.05) is 7.11 Å². The van der Waals surface area contributed by atoms with Gasteiger partial charge in [-0.25, -0.2) is 4.39 Å². The van der Waals surface area contributed by atoms with E-state index in [2.05, 4.69) is 15.9 Å². The molecule has 1 aromatic carbocycles. The number of benzene rings is 1. The van der Waals surface area contributed by atoms with Crippen molar-refractivity contribution < 1.29 is 14.2 Å². The van der Waals surface area contributed by atoms with Crippen molar-refractivity contribution in [1.29, 1.82) is 0 Å². The van der Waals surface area contributed by atoms with Crippen molar-refractivity contribution in [3.63, 3.8) is 0 Å². The van der Waals surface area contributed by atoms with Crippen LogP contribution in [0.2, 0.25) is 0 Å². The van der Waals surface area contributed by atoms with Gasteiger partial charge in [0.05, 0.1) is 11.6 Å². The van der Waals surface area contributed by atoms with Gasteiger partial charge in [0.15, 0.2) is 11.5 Å². The molecule has 0 spiro atoms. The first-order chi connectivity index (χ1) is 6.97. The highest BCUT2D eigenvalue weighted by Gasteiger charge is 2.17. The van der Waals surface area contributed by atoms with Gasteiger partial charge in [-0.1, -0.05) is 0 Å². The Bertz CT molecular complexity index is 369. The van der Waals surface area contributed by atoms with E-state index < -0.39 is 5.82 Å². The monoisotopic (exact) mass is 277 g/mol. The van der Waals surface area contributed by atoms with Crippen LogP contribution < -0.4 is 10.5 Å². The lowest BCUT2D eigenvalue weighted by molar-refractivity contribution is 0.367. The molecule has 0 bridgehead atoms. The van der Waals surface area contributed by atoms with Crippen molar-refractivity contribution in [2.24, 2.45) is 5.73 Å². The number of phenolic OH excluding ortho intramolecular Hbond substituents is 1. The minimum Gasteiger partial charge on any atom is -0.503 e. The van der Waals surface area contributed by atoms with Gasteiger partial charge in [0.25, 0.3) is 0 Å². The van der Waals surface area contributed by atoms with E-state index in [1.165, 1.54) is 7.11 Å². The Morgan fingerprint density at radius 2 is 2.27 bits per heavy atom. The third-order valence-electron chi connectivity index (χ3n) is 2.00. The van der Waals surface area contributed by atoms with Gasteiger partial charge >= 0.3 is 0 Å². The van der Waals surface area contributed by atoms with E-state index in [0.29, 0.717) is 16.5 Å². The Hall–Kier alpha value is -0.810. The van der Waals surface area contributed by atoms with Crippen molar-refractivity contribution in [3.8, 4) is 11.5 Å². The predicted octanol–water partition coefficient (Wildman–Crippen LogP) is 2.19. The molecule has 0 aliphatic rings. The molecule has 0 heterocycles. The topological polar surface area (TPSA) is 55.5 Å². The fraction of sp³-hybridized carbons (Fsp3) is 0.400. The van der Waals surface area contributed by atoms with E-state index in [1.54, 1.807) is 6.92 Å². The van der Waals surface area contributed by atoms with Crippen LogP contribution in [-0.4, -0.2) is 18.3 Å². The van der Waals surface area contributed by atoms with Crippen LogP contribution in [0, 0.1) is 5.82 Å². The fourth-order valence-corrected chi connectivity index (χ4v) is 1.84. The van der Waals surface area contributed by atoms with Crippen LogP contribution in [0.4, 0.5) is 4.39 Å². The Labute approximate surface area is 96.2 Å². The summed E-state index contributed by atoms with van der Waals surface area (Å²) in [6.45, 7) is 1.77. The molecule has 0 aliphatic carbocycles. The molecule has 1 unspecified atom stereocenters. The van der Waals surface area contributed by atoms with Gasteiger partial charge in [0.2, 0.25) is 0 Å². The van der Waals surface area contributed by atoms with Gasteiger partial charge in [-0.3, -0.25) is 0 Å². The highest BCUT2D eigenvalue weighted by Crippen LogP contribution is 2.38. The minimum atomic E-state index is -0.436. The average molecular weight is 278 g/mol. The molecule has 0 saturated heterocycles. The zero-order chi connectivity index (χ0) is 11.6. The number of methoxy groups -OCH3 is 1. The molecule has 0 aliphatic heterocycles. The maximum atomic E-state index is 13.6. The van der Waals surface area contributed by atoms with Crippen LogP contribution in [-0.2, 0) is 6.42 Å². The molecular weight excluding hydrogens is 265 g/mol.